The van der Waals surface area contributed by atoms with E-state index in [1.54, 1.807) is 0 Å². The summed E-state index contributed by atoms with van der Waals surface area (Å²) in [4.78, 5) is 5.64. The van der Waals surface area contributed by atoms with E-state index in [4.69, 9.17) is 10.5 Å². The van der Waals surface area contributed by atoms with Gasteiger partial charge in [0.2, 0.25) is 0 Å². The monoisotopic (exact) mass is 248 g/mol. The summed E-state index contributed by atoms with van der Waals surface area (Å²) >= 11 is 0. The fourth-order valence-electron chi connectivity index (χ4n) is 1.63. The lowest BCUT2D eigenvalue weighted by atomic mass is 10.2. The molecule has 1 aliphatic rings. The lowest BCUT2D eigenvalue weighted by Gasteiger charge is -2.27. The SMILES string of the molecule is NC(CN1CCOCC1)c1noc(C(F)F)n1. The van der Waals surface area contributed by atoms with Crippen molar-refractivity contribution in [2.45, 2.75) is 12.5 Å². The molecule has 0 bridgehead atoms. The summed E-state index contributed by atoms with van der Waals surface area (Å²) in [6, 6.07) is -0.524. The molecular weight excluding hydrogens is 234 g/mol. The summed E-state index contributed by atoms with van der Waals surface area (Å²) in [6.07, 6.45) is -2.76. The zero-order valence-electron chi connectivity index (χ0n) is 9.18. The van der Waals surface area contributed by atoms with Crippen LogP contribution in [-0.2, 0) is 4.74 Å². The van der Waals surface area contributed by atoms with E-state index >= 15 is 0 Å². The van der Waals surface area contributed by atoms with Crippen molar-refractivity contribution in [2.75, 3.05) is 32.8 Å². The van der Waals surface area contributed by atoms with Crippen molar-refractivity contribution < 1.29 is 18.0 Å². The Bertz CT molecular complexity index is 355. The summed E-state index contributed by atoms with van der Waals surface area (Å²) in [5.74, 6) is -0.566. The van der Waals surface area contributed by atoms with Crippen molar-refractivity contribution in [1.82, 2.24) is 15.0 Å². The molecule has 1 fully saturated rings. The number of ether oxygens (including phenoxy) is 1. The number of nitrogens with zero attached hydrogens (tertiary/aromatic N) is 3. The minimum atomic E-state index is -2.76. The van der Waals surface area contributed by atoms with Gasteiger partial charge >= 0.3 is 6.43 Å². The summed E-state index contributed by atoms with van der Waals surface area (Å²) in [5, 5.41) is 3.45. The molecule has 8 heteroatoms. The Hall–Kier alpha value is -1.12. The fourth-order valence-corrected chi connectivity index (χ4v) is 1.63. The first-order chi connectivity index (χ1) is 8.16. The molecule has 1 atom stereocenters. The first-order valence-corrected chi connectivity index (χ1v) is 5.34. The highest BCUT2D eigenvalue weighted by molar-refractivity contribution is 4.94. The molecule has 96 valence electrons. The molecule has 1 unspecified atom stereocenters. The van der Waals surface area contributed by atoms with Crippen LogP contribution < -0.4 is 5.73 Å². The van der Waals surface area contributed by atoms with Crippen LogP contribution in [0.1, 0.15) is 24.2 Å². The van der Waals surface area contributed by atoms with Gasteiger partial charge in [0.1, 0.15) is 0 Å². The van der Waals surface area contributed by atoms with Gasteiger partial charge in [-0.1, -0.05) is 5.16 Å². The van der Waals surface area contributed by atoms with Crippen LogP contribution in [0.25, 0.3) is 0 Å². The van der Waals surface area contributed by atoms with Crippen LogP contribution in [0.3, 0.4) is 0 Å². The van der Waals surface area contributed by atoms with Crippen molar-refractivity contribution >= 4 is 0 Å². The molecule has 1 aromatic rings. The maximum absolute atomic E-state index is 12.2. The Balaban J connectivity index is 1.91. The molecule has 0 amide bonds. The average molecular weight is 248 g/mol. The number of halogens is 2. The van der Waals surface area contributed by atoms with E-state index in [9.17, 15) is 8.78 Å². The maximum atomic E-state index is 12.2. The molecule has 1 aromatic heterocycles. The predicted molar refractivity (Wildman–Crippen MR) is 53.4 cm³/mol. The molecular formula is C9H14F2N4O2. The normalized spacial score (nSPS) is 19.8. The van der Waals surface area contributed by atoms with E-state index < -0.39 is 18.4 Å². The van der Waals surface area contributed by atoms with Crippen molar-refractivity contribution in [1.29, 1.82) is 0 Å². The van der Waals surface area contributed by atoms with E-state index in [1.165, 1.54) is 0 Å². The smallest absolute Gasteiger partial charge is 0.315 e. The number of rotatable bonds is 4. The Morgan fingerprint density at radius 3 is 2.65 bits per heavy atom. The Morgan fingerprint density at radius 1 is 1.35 bits per heavy atom. The van der Waals surface area contributed by atoms with Gasteiger partial charge in [0, 0.05) is 19.6 Å². The summed E-state index contributed by atoms with van der Waals surface area (Å²) < 4.78 is 34.1. The largest absolute Gasteiger partial charge is 0.379 e. The summed E-state index contributed by atoms with van der Waals surface area (Å²) in [7, 11) is 0. The molecule has 0 aliphatic carbocycles. The third kappa shape index (κ3) is 3.18. The molecule has 6 nitrogen and oxygen atoms in total. The second kappa shape index (κ2) is 5.48. The van der Waals surface area contributed by atoms with Crippen molar-refractivity contribution in [3.8, 4) is 0 Å². The van der Waals surface area contributed by atoms with Crippen LogP contribution in [0.5, 0.6) is 0 Å². The molecule has 2 N–H and O–H groups in total. The topological polar surface area (TPSA) is 77.4 Å². The number of nitrogens with two attached hydrogens (primary N) is 1. The lowest BCUT2D eigenvalue weighted by Crippen LogP contribution is -2.40. The molecule has 0 aromatic carbocycles. The Kier molecular flexibility index (Phi) is 3.97. The molecule has 0 saturated carbocycles. The first-order valence-electron chi connectivity index (χ1n) is 5.34. The third-order valence-electron chi connectivity index (χ3n) is 2.53. The van der Waals surface area contributed by atoms with Gasteiger partial charge in [-0.25, -0.2) is 0 Å². The highest BCUT2D eigenvalue weighted by atomic mass is 19.3. The van der Waals surface area contributed by atoms with E-state index in [2.05, 4.69) is 19.6 Å². The number of hydrogen-bond acceptors (Lipinski definition) is 6. The highest BCUT2D eigenvalue weighted by Gasteiger charge is 2.22. The minimum Gasteiger partial charge on any atom is -0.379 e. The molecule has 1 saturated heterocycles. The van der Waals surface area contributed by atoms with E-state index in [0.29, 0.717) is 19.8 Å². The van der Waals surface area contributed by atoms with E-state index in [0.717, 1.165) is 13.1 Å². The average Bonchev–Trinajstić information content (AvgIpc) is 2.79. The Morgan fingerprint density at radius 2 is 2.06 bits per heavy atom. The maximum Gasteiger partial charge on any atom is 0.315 e. The summed E-state index contributed by atoms with van der Waals surface area (Å²) in [5.41, 5.74) is 5.83. The third-order valence-corrected chi connectivity index (χ3v) is 2.53. The molecule has 0 radical (unpaired) electrons. The van der Waals surface area contributed by atoms with Crippen molar-refractivity contribution in [3.05, 3.63) is 11.7 Å². The molecule has 2 rings (SSSR count). The molecule has 0 spiro atoms. The molecule has 2 heterocycles. The van der Waals surface area contributed by atoms with Gasteiger partial charge in [-0.05, 0) is 0 Å². The number of morpholine rings is 1. The van der Waals surface area contributed by atoms with Gasteiger partial charge in [-0.2, -0.15) is 13.8 Å². The van der Waals surface area contributed by atoms with Gasteiger partial charge in [0.05, 0.1) is 19.3 Å². The van der Waals surface area contributed by atoms with Gasteiger partial charge in [0.15, 0.2) is 5.82 Å². The zero-order chi connectivity index (χ0) is 12.3. The van der Waals surface area contributed by atoms with Gasteiger partial charge < -0.3 is 15.0 Å². The zero-order valence-corrected chi connectivity index (χ0v) is 9.18. The van der Waals surface area contributed by atoms with Crippen molar-refractivity contribution in [3.63, 3.8) is 0 Å². The van der Waals surface area contributed by atoms with Gasteiger partial charge in [-0.3, -0.25) is 4.90 Å². The van der Waals surface area contributed by atoms with Crippen LogP contribution >= 0.6 is 0 Å². The van der Waals surface area contributed by atoms with Crippen LogP contribution in [0.4, 0.5) is 8.78 Å². The van der Waals surface area contributed by atoms with E-state index in [-0.39, 0.29) is 5.82 Å². The highest BCUT2D eigenvalue weighted by Crippen LogP contribution is 2.18. The minimum absolute atomic E-state index is 0.117. The van der Waals surface area contributed by atoms with Gasteiger partial charge in [-0.15, -0.1) is 0 Å². The van der Waals surface area contributed by atoms with E-state index in [1.807, 2.05) is 0 Å². The predicted octanol–water partition coefficient (Wildman–Crippen LogP) is 0.339. The van der Waals surface area contributed by atoms with Crippen LogP contribution in [0.15, 0.2) is 4.52 Å². The second-order valence-corrected chi connectivity index (χ2v) is 3.81. The number of aromatic nitrogens is 2. The number of hydrogen-bond donors (Lipinski definition) is 1. The fraction of sp³-hybridized carbons (Fsp3) is 0.778. The Labute approximate surface area is 96.7 Å². The summed E-state index contributed by atoms with van der Waals surface area (Å²) in [6.45, 7) is 3.36. The second-order valence-electron chi connectivity index (χ2n) is 3.81. The first kappa shape index (κ1) is 12.3. The quantitative estimate of drug-likeness (QED) is 0.827. The standard InChI is InChI=1S/C9H14F2N4O2/c10-7(11)9-13-8(14-17-9)6(12)5-15-1-3-16-4-2-15/h6-7H,1-5,12H2. The van der Waals surface area contributed by atoms with Crippen LogP contribution in [-0.4, -0.2) is 47.9 Å². The van der Waals surface area contributed by atoms with Crippen molar-refractivity contribution in [2.24, 2.45) is 5.73 Å². The van der Waals surface area contributed by atoms with Gasteiger partial charge in [0.25, 0.3) is 5.89 Å². The van der Waals surface area contributed by atoms with Crippen LogP contribution in [0, 0.1) is 0 Å². The number of alkyl halides is 2. The molecule has 1 aliphatic heterocycles. The lowest BCUT2D eigenvalue weighted by molar-refractivity contribution is 0.0348. The van der Waals surface area contributed by atoms with Crippen LogP contribution in [0.2, 0.25) is 0 Å². The molecule has 17 heavy (non-hydrogen) atoms.